The summed E-state index contributed by atoms with van der Waals surface area (Å²) in [7, 11) is 3.91. The third-order valence-corrected chi connectivity index (χ3v) is 3.72. The first kappa shape index (κ1) is 19.9. The Kier molecular flexibility index (Phi) is 9.13. The fraction of sp³-hybridized carbons (Fsp3) is 0.588. The van der Waals surface area contributed by atoms with Gasteiger partial charge in [-0.3, -0.25) is 4.99 Å². The summed E-state index contributed by atoms with van der Waals surface area (Å²) in [5.41, 5.74) is 1.24. The predicted octanol–water partition coefficient (Wildman–Crippen LogP) is 2.93. The largest absolute Gasteiger partial charge is 0.486 e. The van der Waals surface area contributed by atoms with Gasteiger partial charge in [0.25, 0.3) is 0 Å². The lowest BCUT2D eigenvalue weighted by Gasteiger charge is -2.22. The summed E-state index contributed by atoms with van der Waals surface area (Å²) in [6, 6.07) is 6.16. The highest BCUT2D eigenvalue weighted by atomic mass is 127. The Hall–Kier alpha value is -1.18. The molecule has 0 spiro atoms. The Morgan fingerprint density at radius 2 is 2.00 bits per heavy atom. The lowest BCUT2D eigenvalue weighted by atomic mass is 10.1. The number of unbranched alkanes of at least 4 members (excludes halogenated alkanes) is 1. The van der Waals surface area contributed by atoms with Crippen molar-refractivity contribution in [1.82, 2.24) is 10.2 Å². The van der Waals surface area contributed by atoms with E-state index in [4.69, 9.17) is 9.47 Å². The summed E-state index contributed by atoms with van der Waals surface area (Å²) < 4.78 is 11.2. The molecule has 0 aromatic heterocycles. The molecule has 1 aromatic carbocycles. The van der Waals surface area contributed by atoms with E-state index in [9.17, 15) is 0 Å². The van der Waals surface area contributed by atoms with Crippen LogP contribution >= 0.6 is 24.0 Å². The van der Waals surface area contributed by atoms with Crippen LogP contribution in [0.4, 0.5) is 0 Å². The van der Waals surface area contributed by atoms with Crippen molar-refractivity contribution in [1.29, 1.82) is 0 Å². The standard InChI is InChI=1S/C17H27N3O2.HI/c1-4-5-10-20(3)17(18-2)19-9-8-14-6-7-15-16(13-14)22-12-11-21-15;/h6-7,13H,4-5,8-12H2,1-3H3,(H,18,19);1H. The SMILES string of the molecule is CCCCN(C)C(=NC)NCCc1ccc2c(c1)OCCO2.I. The van der Waals surface area contributed by atoms with E-state index in [2.05, 4.69) is 41.3 Å². The van der Waals surface area contributed by atoms with E-state index < -0.39 is 0 Å². The van der Waals surface area contributed by atoms with Crippen molar-refractivity contribution < 1.29 is 9.47 Å². The lowest BCUT2D eigenvalue weighted by molar-refractivity contribution is 0.171. The molecule has 6 heteroatoms. The van der Waals surface area contributed by atoms with Gasteiger partial charge in [-0.2, -0.15) is 0 Å². The van der Waals surface area contributed by atoms with Gasteiger partial charge in [0.1, 0.15) is 13.2 Å². The molecular formula is C17H28IN3O2. The van der Waals surface area contributed by atoms with Crippen LogP contribution < -0.4 is 14.8 Å². The molecule has 0 radical (unpaired) electrons. The number of aliphatic imine (C=N–C) groups is 1. The highest BCUT2D eigenvalue weighted by Gasteiger charge is 2.11. The number of rotatable bonds is 6. The molecule has 0 bridgehead atoms. The topological polar surface area (TPSA) is 46.1 Å². The summed E-state index contributed by atoms with van der Waals surface area (Å²) in [5, 5.41) is 3.41. The molecule has 1 aromatic rings. The van der Waals surface area contributed by atoms with Crippen molar-refractivity contribution in [2.45, 2.75) is 26.2 Å². The summed E-state index contributed by atoms with van der Waals surface area (Å²) in [4.78, 5) is 6.50. The first-order valence-corrected chi connectivity index (χ1v) is 8.05. The zero-order chi connectivity index (χ0) is 15.8. The predicted molar refractivity (Wildman–Crippen MR) is 105 cm³/mol. The lowest BCUT2D eigenvalue weighted by Crippen LogP contribution is -2.40. The zero-order valence-electron chi connectivity index (χ0n) is 14.3. The van der Waals surface area contributed by atoms with Crippen LogP contribution in [0.2, 0.25) is 0 Å². The number of hydrogen-bond acceptors (Lipinski definition) is 3. The van der Waals surface area contributed by atoms with Crippen LogP contribution in [-0.4, -0.2) is 51.3 Å². The Labute approximate surface area is 156 Å². The second kappa shape index (κ2) is 10.6. The van der Waals surface area contributed by atoms with Gasteiger partial charge in [-0.25, -0.2) is 0 Å². The van der Waals surface area contributed by atoms with Crippen molar-refractivity contribution in [3.05, 3.63) is 23.8 Å². The van der Waals surface area contributed by atoms with Gasteiger partial charge >= 0.3 is 0 Å². The molecule has 0 aliphatic carbocycles. The minimum absolute atomic E-state index is 0. The van der Waals surface area contributed by atoms with E-state index in [0.717, 1.165) is 37.0 Å². The van der Waals surface area contributed by atoms with Gasteiger partial charge in [0.2, 0.25) is 0 Å². The third kappa shape index (κ3) is 6.08. The highest BCUT2D eigenvalue weighted by Crippen LogP contribution is 2.30. The highest BCUT2D eigenvalue weighted by molar-refractivity contribution is 14.0. The van der Waals surface area contributed by atoms with Gasteiger partial charge in [0.15, 0.2) is 17.5 Å². The number of ether oxygens (including phenoxy) is 2. The molecule has 0 atom stereocenters. The molecule has 0 saturated heterocycles. The first-order valence-electron chi connectivity index (χ1n) is 8.05. The van der Waals surface area contributed by atoms with Crippen LogP contribution in [0, 0.1) is 0 Å². The Morgan fingerprint density at radius 3 is 2.70 bits per heavy atom. The maximum Gasteiger partial charge on any atom is 0.193 e. The Morgan fingerprint density at radius 1 is 1.26 bits per heavy atom. The summed E-state index contributed by atoms with van der Waals surface area (Å²) in [5.74, 6) is 2.65. The summed E-state index contributed by atoms with van der Waals surface area (Å²) in [6.45, 7) is 5.34. The monoisotopic (exact) mass is 433 g/mol. The van der Waals surface area contributed by atoms with Gasteiger partial charge in [-0.15, -0.1) is 24.0 Å². The third-order valence-electron chi connectivity index (χ3n) is 3.72. The van der Waals surface area contributed by atoms with Gasteiger partial charge in [-0.1, -0.05) is 19.4 Å². The van der Waals surface area contributed by atoms with Crippen LogP contribution in [0.5, 0.6) is 11.5 Å². The number of benzene rings is 1. The molecule has 2 rings (SSSR count). The number of guanidine groups is 1. The second-order valence-corrected chi connectivity index (χ2v) is 5.48. The fourth-order valence-corrected chi connectivity index (χ4v) is 2.45. The number of nitrogens with one attached hydrogen (secondary N) is 1. The average molecular weight is 433 g/mol. The van der Waals surface area contributed by atoms with Gasteiger partial charge in [-0.05, 0) is 30.5 Å². The second-order valence-electron chi connectivity index (χ2n) is 5.48. The van der Waals surface area contributed by atoms with Gasteiger partial charge in [0, 0.05) is 27.2 Å². The number of nitrogens with zero attached hydrogens (tertiary/aromatic N) is 2. The van der Waals surface area contributed by atoms with Gasteiger partial charge < -0.3 is 19.7 Å². The quantitative estimate of drug-likeness (QED) is 0.426. The van der Waals surface area contributed by atoms with Crippen molar-refractivity contribution in [2.24, 2.45) is 4.99 Å². The molecule has 23 heavy (non-hydrogen) atoms. The molecule has 130 valence electrons. The summed E-state index contributed by atoms with van der Waals surface area (Å²) in [6.07, 6.45) is 3.30. The maximum absolute atomic E-state index is 5.62. The zero-order valence-corrected chi connectivity index (χ0v) is 16.6. The van der Waals surface area contributed by atoms with Crippen LogP contribution in [-0.2, 0) is 6.42 Å². The van der Waals surface area contributed by atoms with Crippen LogP contribution in [0.15, 0.2) is 23.2 Å². The Bertz CT molecular complexity index is 509. The molecule has 0 saturated carbocycles. The van der Waals surface area contributed by atoms with E-state index in [1.807, 2.05) is 13.1 Å². The molecule has 1 aliphatic heterocycles. The first-order chi connectivity index (χ1) is 10.7. The van der Waals surface area contributed by atoms with E-state index in [-0.39, 0.29) is 24.0 Å². The van der Waals surface area contributed by atoms with Crippen LogP contribution in [0.1, 0.15) is 25.3 Å². The minimum Gasteiger partial charge on any atom is -0.486 e. The van der Waals surface area contributed by atoms with Crippen molar-refractivity contribution >= 4 is 29.9 Å². The Balaban J connectivity index is 0.00000264. The van der Waals surface area contributed by atoms with E-state index in [1.165, 1.54) is 18.4 Å². The average Bonchev–Trinajstić information content (AvgIpc) is 2.56. The molecule has 1 aliphatic rings. The smallest absolute Gasteiger partial charge is 0.193 e. The fourth-order valence-electron chi connectivity index (χ4n) is 2.45. The van der Waals surface area contributed by atoms with E-state index in [0.29, 0.717) is 13.2 Å². The normalized spacial score (nSPS) is 13.3. The van der Waals surface area contributed by atoms with Crippen molar-refractivity contribution in [2.75, 3.05) is 40.4 Å². The van der Waals surface area contributed by atoms with Crippen LogP contribution in [0.3, 0.4) is 0 Å². The van der Waals surface area contributed by atoms with E-state index >= 15 is 0 Å². The van der Waals surface area contributed by atoms with Crippen molar-refractivity contribution in [3.8, 4) is 11.5 Å². The number of fused-ring (bicyclic) bond motifs is 1. The molecule has 0 amide bonds. The minimum atomic E-state index is 0. The summed E-state index contributed by atoms with van der Waals surface area (Å²) >= 11 is 0. The number of halogens is 1. The van der Waals surface area contributed by atoms with Crippen molar-refractivity contribution in [3.63, 3.8) is 0 Å². The molecule has 0 unspecified atom stereocenters. The number of hydrogen-bond donors (Lipinski definition) is 1. The molecular weight excluding hydrogens is 405 g/mol. The van der Waals surface area contributed by atoms with Crippen LogP contribution in [0.25, 0.3) is 0 Å². The van der Waals surface area contributed by atoms with E-state index in [1.54, 1.807) is 0 Å². The molecule has 0 fully saturated rings. The molecule has 1 N–H and O–H groups in total. The maximum atomic E-state index is 5.62. The molecule has 5 nitrogen and oxygen atoms in total. The van der Waals surface area contributed by atoms with Gasteiger partial charge in [0.05, 0.1) is 0 Å². The molecule has 1 heterocycles.